The highest BCUT2D eigenvalue weighted by molar-refractivity contribution is 4.82. The van der Waals surface area contributed by atoms with Crippen molar-refractivity contribution in [3.63, 3.8) is 0 Å². The Balaban J connectivity index is -0.000000119. The molecule has 0 atom stereocenters. The molecule has 3 nitrogen and oxygen atoms in total. The first kappa shape index (κ1) is 12.7. The monoisotopic (exact) mass is 163 g/mol. The summed E-state index contributed by atoms with van der Waals surface area (Å²) in [7, 11) is 0.500. The Labute approximate surface area is 68.5 Å². The van der Waals surface area contributed by atoms with Crippen LogP contribution in [0.2, 0.25) is 0 Å². The van der Waals surface area contributed by atoms with Crippen molar-refractivity contribution in [2.75, 3.05) is 7.18 Å². The van der Waals surface area contributed by atoms with Crippen LogP contribution in [0.3, 0.4) is 0 Å². The Morgan fingerprint density at radius 3 is 2.09 bits per heavy atom. The average molecular weight is 163 g/mol. The van der Waals surface area contributed by atoms with Gasteiger partial charge < -0.3 is 0 Å². The van der Waals surface area contributed by atoms with Crippen LogP contribution in [0.4, 0.5) is 4.39 Å². The van der Waals surface area contributed by atoms with Gasteiger partial charge in [-0.1, -0.05) is 20.3 Å². The molecule has 0 amide bonds. The third-order valence-corrected chi connectivity index (χ3v) is 0.535. The minimum Gasteiger partial charge on any atom is -0.255 e. The zero-order chi connectivity index (χ0) is 9.11. The smallest absolute Gasteiger partial charge is 0.0793 e. The number of aromatic amines is 1. The number of halogens is 1. The first-order valence-corrected chi connectivity index (χ1v) is 3.51. The largest absolute Gasteiger partial charge is 0.255 e. The van der Waals surface area contributed by atoms with Crippen molar-refractivity contribution in [2.24, 2.45) is 0 Å². The van der Waals surface area contributed by atoms with Crippen LogP contribution in [0.1, 0.15) is 27.4 Å². The fourth-order valence-electron chi connectivity index (χ4n) is 0.259. The molecule has 0 spiro atoms. The molecule has 0 aliphatic heterocycles. The lowest BCUT2D eigenvalue weighted by Gasteiger charge is -1.62. The molecule has 11 heavy (non-hydrogen) atoms. The second-order valence-corrected chi connectivity index (χ2v) is 1.82. The normalized spacial score (nSPS) is 7.00. The Morgan fingerprint density at radius 1 is 1.55 bits per heavy atom. The van der Waals surface area contributed by atoms with Gasteiger partial charge in [0.2, 0.25) is 0 Å². The Hall–Kier alpha value is -0.930. The maximum Gasteiger partial charge on any atom is 0.0793 e. The molecule has 1 rings (SSSR count). The van der Waals surface area contributed by atoms with Crippen molar-refractivity contribution in [1.29, 1.82) is 0 Å². The second-order valence-electron chi connectivity index (χ2n) is 1.82. The highest BCUT2D eigenvalue weighted by Crippen LogP contribution is 1.77. The molecule has 1 aromatic rings. The van der Waals surface area contributed by atoms with Crippen LogP contribution in [0.15, 0.2) is 6.20 Å². The average Bonchev–Trinajstić information content (AvgIpc) is 2.46. The van der Waals surface area contributed by atoms with Crippen molar-refractivity contribution in [3.05, 3.63) is 11.9 Å². The summed E-state index contributed by atoms with van der Waals surface area (Å²) >= 11 is 0. The SMILES string of the molecule is CCC.CF.Cc1cn[nH]n1.[HH]. The number of aromatic nitrogens is 3. The van der Waals surface area contributed by atoms with E-state index in [0.717, 1.165) is 5.69 Å². The summed E-state index contributed by atoms with van der Waals surface area (Å²) in [6.45, 7) is 6.13. The number of hydrogen-bond acceptors (Lipinski definition) is 2. The van der Waals surface area contributed by atoms with E-state index in [4.69, 9.17) is 0 Å². The zero-order valence-electron chi connectivity index (χ0n) is 7.56. The van der Waals surface area contributed by atoms with Crippen molar-refractivity contribution in [1.82, 2.24) is 15.4 Å². The number of hydrogen-bond donors (Lipinski definition) is 1. The van der Waals surface area contributed by atoms with Crippen molar-refractivity contribution in [2.45, 2.75) is 27.2 Å². The van der Waals surface area contributed by atoms with Gasteiger partial charge in [-0.15, -0.1) is 0 Å². The highest BCUT2D eigenvalue weighted by atomic mass is 19.1. The molecule has 0 unspecified atom stereocenters. The van der Waals surface area contributed by atoms with E-state index in [0.29, 0.717) is 7.18 Å². The van der Waals surface area contributed by atoms with Crippen LogP contribution in [0.25, 0.3) is 0 Å². The summed E-state index contributed by atoms with van der Waals surface area (Å²) < 4.78 is 9.50. The number of nitrogens with one attached hydrogen (secondary N) is 1. The van der Waals surface area contributed by atoms with Gasteiger partial charge in [0, 0.05) is 1.43 Å². The Kier molecular flexibility index (Phi) is 13.7. The van der Waals surface area contributed by atoms with E-state index < -0.39 is 0 Å². The standard InChI is InChI=1S/C3H5N3.C3H8.CH3F.H2/c1-3-2-4-6-5-3;1-3-2;1-2;/h2H,1H3,(H,4,5,6);3H2,1-2H3;1H3;1H. The van der Waals surface area contributed by atoms with Gasteiger partial charge in [-0.3, -0.25) is 4.39 Å². The molecular formula is C7H18FN3. The van der Waals surface area contributed by atoms with E-state index in [-0.39, 0.29) is 1.43 Å². The van der Waals surface area contributed by atoms with Crippen LogP contribution in [-0.4, -0.2) is 22.6 Å². The summed E-state index contributed by atoms with van der Waals surface area (Å²) in [4.78, 5) is 0. The number of rotatable bonds is 0. The number of alkyl halides is 1. The lowest BCUT2D eigenvalue weighted by molar-refractivity contribution is 0.636. The van der Waals surface area contributed by atoms with Gasteiger partial charge in [-0.2, -0.15) is 15.4 Å². The molecule has 0 saturated carbocycles. The fourth-order valence-corrected chi connectivity index (χ4v) is 0.259. The minimum absolute atomic E-state index is 0. The van der Waals surface area contributed by atoms with E-state index in [1.165, 1.54) is 6.42 Å². The summed E-state index contributed by atoms with van der Waals surface area (Å²) in [6.07, 6.45) is 2.92. The lowest BCUT2D eigenvalue weighted by atomic mass is 10.6. The summed E-state index contributed by atoms with van der Waals surface area (Å²) in [5.74, 6) is 0. The van der Waals surface area contributed by atoms with E-state index in [9.17, 15) is 4.39 Å². The van der Waals surface area contributed by atoms with E-state index >= 15 is 0 Å². The summed E-state index contributed by atoms with van der Waals surface area (Å²) in [6, 6.07) is 0. The third kappa shape index (κ3) is 12.3. The number of nitrogens with zero attached hydrogens (tertiary/aromatic N) is 2. The molecule has 1 N–H and O–H groups in total. The fraction of sp³-hybridized carbons (Fsp3) is 0.714. The molecule has 0 fully saturated rings. The van der Waals surface area contributed by atoms with Gasteiger partial charge in [0.15, 0.2) is 0 Å². The summed E-state index contributed by atoms with van der Waals surface area (Å²) in [5.41, 5.74) is 0.926. The molecule has 0 aromatic carbocycles. The first-order chi connectivity index (χ1) is 5.31. The Morgan fingerprint density at radius 2 is 2.00 bits per heavy atom. The molecule has 0 bridgehead atoms. The van der Waals surface area contributed by atoms with Crippen LogP contribution in [-0.2, 0) is 0 Å². The molecule has 68 valence electrons. The van der Waals surface area contributed by atoms with E-state index in [1.807, 2.05) is 6.92 Å². The molecule has 0 aliphatic rings. The van der Waals surface area contributed by atoms with E-state index in [2.05, 4.69) is 29.3 Å². The third-order valence-electron chi connectivity index (χ3n) is 0.535. The van der Waals surface area contributed by atoms with Crippen LogP contribution in [0.5, 0.6) is 0 Å². The van der Waals surface area contributed by atoms with Crippen LogP contribution in [0, 0.1) is 6.92 Å². The molecule has 1 aromatic heterocycles. The second kappa shape index (κ2) is 11.8. The highest BCUT2D eigenvalue weighted by Gasteiger charge is 1.76. The lowest BCUT2D eigenvalue weighted by Crippen LogP contribution is -1.66. The summed E-state index contributed by atoms with van der Waals surface area (Å²) in [5, 5.41) is 9.70. The van der Waals surface area contributed by atoms with Gasteiger partial charge in [-0.25, -0.2) is 0 Å². The maximum atomic E-state index is 9.50. The van der Waals surface area contributed by atoms with Crippen molar-refractivity contribution < 1.29 is 5.82 Å². The van der Waals surface area contributed by atoms with Crippen LogP contribution >= 0.6 is 0 Å². The quantitative estimate of drug-likeness (QED) is 0.638. The maximum absolute atomic E-state index is 9.50. The van der Waals surface area contributed by atoms with Crippen LogP contribution < -0.4 is 0 Å². The predicted molar refractivity (Wildman–Crippen MR) is 46.2 cm³/mol. The Bertz CT molecular complexity index is 133. The first-order valence-electron chi connectivity index (χ1n) is 3.51. The van der Waals surface area contributed by atoms with Crippen molar-refractivity contribution >= 4 is 0 Å². The molecule has 0 aliphatic carbocycles. The van der Waals surface area contributed by atoms with Gasteiger partial charge in [0.1, 0.15) is 0 Å². The van der Waals surface area contributed by atoms with Crippen molar-refractivity contribution in [3.8, 4) is 0 Å². The number of H-pyrrole nitrogens is 1. The topological polar surface area (TPSA) is 41.6 Å². The van der Waals surface area contributed by atoms with Gasteiger partial charge >= 0.3 is 0 Å². The van der Waals surface area contributed by atoms with Gasteiger partial charge in [0.25, 0.3) is 0 Å². The predicted octanol–water partition coefficient (Wildman–Crippen LogP) is 2.36. The number of aryl methyl sites for hydroxylation is 1. The van der Waals surface area contributed by atoms with Gasteiger partial charge in [-0.05, 0) is 6.92 Å². The van der Waals surface area contributed by atoms with E-state index in [1.54, 1.807) is 6.20 Å². The molecule has 0 saturated heterocycles. The zero-order valence-corrected chi connectivity index (χ0v) is 7.56. The molecule has 1 heterocycles. The molecule has 0 radical (unpaired) electrons. The molecular weight excluding hydrogens is 145 g/mol. The molecule has 4 heteroatoms. The minimum atomic E-state index is 0. The van der Waals surface area contributed by atoms with Gasteiger partial charge in [0.05, 0.1) is 19.1 Å².